The molecule has 126 heavy (non-hydrogen) atoms. The first-order chi connectivity index (χ1) is 61.9. The lowest BCUT2D eigenvalue weighted by molar-refractivity contribution is 0.660. The minimum absolute atomic E-state index is 0.0746. The molecule has 0 atom stereocenters. The number of pyridine rings is 5. The fourth-order valence-electron chi connectivity index (χ4n) is 20.5. The molecule has 0 saturated carbocycles. The zero-order valence-corrected chi connectivity index (χ0v) is 69.3. The molecule has 27 rings (SSSR count). The third kappa shape index (κ3) is 11.4. The summed E-state index contributed by atoms with van der Waals surface area (Å²) >= 11 is 0. The molecule has 25 aromatic rings. The quantitative estimate of drug-likeness (QED) is 0.148. The molecule has 0 radical (unpaired) electrons. The number of hydrogen-bond donors (Lipinski definition) is 0. The summed E-state index contributed by atoms with van der Waals surface area (Å²) in [4.78, 5) is 22.6. The molecule has 0 fully saturated rings. The monoisotopic (exact) mass is 1620 g/mol. The van der Waals surface area contributed by atoms with Gasteiger partial charge in [0.2, 0.25) is 0 Å². The fraction of sp³-hybridized carbons (Fsp3) is 0.0522. The first kappa shape index (κ1) is 72.4. The lowest BCUT2D eigenvalue weighted by atomic mass is 9.82. The molecule has 0 bridgehead atoms. The predicted molar refractivity (Wildman–Crippen MR) is 515 cm³/mol. The second-order valence-electron chi connectivity index (χ2n) is 34.3. The summed E-state index contributed by atoms with van der Waals surface area (Å²) in [5, 5.41) is 11.6. The molecule has 11 nitrogen and oxygen atoms in total. The summed E-state index contributed by atoms with van der Waals surface area (Å²) in [6, 6.07) is 122. The van der Waals surface area contributed by atoms with E-state index in [2.05, 4.69) is 358 Å². The summed E-state index contributed by atoms with van der Waals surface area (Å²) in [6.45, 7) is 9.33. The van der Waals surface area contributed by atoms with Gasteiger partial charge in [0, 0.05) is 125 Å². The highest BCUT2D eigenvalue weighted by Crippen LogP contribution is 2.54. The molecule has 0 amide bonds. The van der Waals surface area contributed by atoms with Crippen molar-refractivity contribution in [2.45, 2.75) is 38.5 Å². The van der Waals surface area contributed by atoms with Gasteiger partial charge in [0.15, 0.2) is 0 Å². The SMILES string of the molecule is CC1(C)c2ccc(-c3ccc4oc5ccccc5c4c3)cc2-c2cc(-n3c4ccccc4c4ccncc43)ccc21.CC1(C)c2ccc(-c3ccc4oc5ccccc5c4c3)cc2-c2cc(-n3c4cccnc4c4ncccc43)ccc21.c1cc(-c2cccc(-c3ccc4oc5ccccc5c4c3)c2)cc(-c2cccc(-n3c4ccncc4c4cnccc43)c2)c1. The van der Waals surface area contributed by atoms with E-state index in [-0.39, 0.29) is 10.8 Å². The molecular weight excluding hydrogens is 1540 g/mol. The average Bonchev–Trinajstić information content (AvgIpc) is 1.56. The van der Waals surface area contributed by atoms with Crippen LogP contribution in [0, 0.1) is 0 Å². The van der Waals surface area contributed by atoms with Gasteiger partial charge in [-0.15, -0.1) is 0 Å². The van der Waals surface area contributed by atoms with E-state index in [0.29, 0.717) is 0 Å². The Morgan fingerprint density at radius 1 is 0.206 bits per heavy atom. The Morgan fingerprint density at radius 3 is 1.01 bits per heavy atom. The molecule has 0 saturated heterocycles. The number of benzene rings is 14. The fourth-order valence-corrected chi connectivity index (χ4v) is 20.5. The third-order valence-electron chi connectivity index (χ3n) is 26.6. The molecular formula is C115H76N8O3. The Kier molecular flexibility index (Phi) is 16.2. The van der Waals surface area contributed by atoms with Crippen molar-refractivity contribution in [1.29, 1.82) is 0 Å². The smallest absolute Gasteiger partial charge is 0.135 e. The van der Waals surface area contributed by atoms with E-state index in [1.54, 1.807) is 0 Å². The van der Waals surface area contributed by atoms with Gasteiger partial charge in [0.1, 0.15) is 44.5 Å². The van der Waals surface area contributed by atoms with Crippen LogP contribution in [0.25, 0.3) is 226 Å². The van der Waals surface area contributed by atoms with Crippen molar-refractivity contribution < 1.29 is 13.3 Å². The van der Waals surface area contributed by atoms with Crippen LogP contribution in [0.1, 0.15) is 49.9 Å². The van der Waals surface area contributed by atoms with E-state index in [4.69, 9.17) is 13.3 Å². The maximum atomic E-state index is 6.09. The van der Waals surface area contributed by atoms with E-state index in [0.717, 1.165) is 138 Å². The minimum Gasteiger partial charge on any atom is -0.456 e. The number of nitrogens with zero attached hydrogens (tertiary/aromatic N) is 8. The van der Waals surface area contributed by atoms with Crippen molar-refractivity contribution >= 4 is 131 Å². The van der Waals surface area contributed by atoms with Crippen molar-refractivity contribution in [1.82, 2.24) is 38.6 Å². The largest absolute Gasteiger partial charge is 0.456 e. The van der Waals surface area contributed by atoms with Gasteiger partial charge in [-0.2, -0.15) is 0 Å². The Morgan fingerprint density at radius 2 is 0.532 bits per heavy atom. The van der Waals surface area contributed by atoms with Crippen LogP contribution in [-0.2, 0) is 10.8 Å². The van der Waals surface area contributed by atoms with Crippen molar-refractivity contribution in [3.05, 3.63) is 412 Å². The number of rotatable bonds is 8. The van der Waals surface area contributed by atoms with Crippen molar-refractivity contribution in [3.8, 4) is 95.0 Å². The zero-order valence-electron chi connectivity index (χ0n) is 69.3. The minimum atomic E-state index is -0.0869. The number of para-hydroxylation sites is 4. The Bertz CT molecular complexity index is 8350. The highest BCUT2D eigenvalue weighted by atomic mass is 16.3. The van der Waals surface area contributed by atoms with Gasteiger partial charge in [-0.1, -0.05) is 204 Å². The van der Waals surface area contributed by atoms with Crippen LogP contribution in [0.2, 0.25) is 0 Å². The third-order valence-corrected chi connectivity index (χ3v) is 26.6. The van der Waals surface area contributed by atoms with Gasteiger partial charge in [-0.05, 0) is 264 Å². The van der Waals surface area contributed by atoms with Crippen LogP contribution in [0.5, 0.6) is 0 Å². The highest BCUT2D eigenvalue weighted by Gasteiger charge is 2.38. The molecule has 0 spiro atoms. The summed E-state index contributed by atoms with van der Waals surface area (Å²) in [6.07, 6.45) is 15.1. The highest BCUT2D eigenvalue weighted by molar-refractivity contribution is 6.13. The van der Waals surface area contributed by atoms with Crippen molar-refractivity contribution in [2.75, 3.05) is 0 Å². The van der Waals surface area contributed by atoms with Gasteiger partial charge in [-0.3, -0.25) is 24.9 Å². The van der Waals surface area contributed by atoms with Gasteiger partial charge in [0.25, 0.3) is 0 Å². The van der Waals surface area contributed by atoms with Gasteiger partial charge in [-0.25, -0.2) is 0 Å². The lowest BCUT2D eigenvalue weighted by Crippen LogP contribution is -2.14. The molecule has 2 aliphatic rings. The van der Waals surface area contributed by atoms with Gasteiger partial charge in [0.05, 0.1) is 39.3 Å². The summed E-state index contributed by atoms with van der Waals surface area (Å²) in [7, 11) is 0. The molecule has 0 aliphatic heterocycles. The molecule has 14 aromatic carbocycles. The van der Waals surface area contributed by atoms with E-state index >= 15 is 0 Å². The van der Waals surface area contributed by atoms with Crippen molar-refractivity contribution in [3.63, 3.8) is 0 Å². The summed E-state index contributed by atoms with van der Waals surface area (Å²) < 4.78 is 25.2. The molecule has 11 aromatic heterocycles. The maximum Gasteiger partial charge on any atom is 0.135 e. The number of aromatic nitrogens is 8. The normalized spacial score (nSPS) is 13.0. The Hall–Kier alpha value is -16.4. The molecule has 0 unspecified atom stereocenters. The van der Waals surface area contributed by atoms with Crippen molar-refractivity contribution in [2.24, 2.45) is 0 Å². The van der Waals surface area contributed by atoms with E-state index in [1.165, 1.54) is 111 Å². The molecule has 11 heteroatoms. The van der Waals surface area contributed by atoms with E-state index in [1.807, 2.05) is 98.1 Å². The van der Waals surface area contributed by atoms with Crippen LogP contribution in [-0.4, -0.2) is 38.6 Å². The molecule has 0 N–H and O–H groups in total. The number of fused-ring (bicyclic) bond motifs is 24. The molecule has 594 valence electrons. The second kappa shape index (κ2) is 28.1. The molecule has 11 heterocycles. The molecule has 2 aliphatic carbocycles. The Balaban J connectivity index is 0.000000103. The standard InChI is InChI=1S/C40H25N3O.C38H26N2O.C37H25N3O/c1-2-13-39-33(12-1)34-23-31(14-15-40(34)44-39)29-9-4-7-27(21-29)26-6-3-8-28(20-26)30-10-5-11-32(22-30)43-37-16-18-41-24-35(37)36-25-42-19-17-38(36)43;1-38(2)32-14-11-23(24-12-16-37-31(20-24)28-8-4-6-10-36(28)41-37)19-29(32)30-21-25(13-15-33(30)38)40-34-9-5-3-7-26(34)27-17-18-39-22-35(27)40;1-37(2)29-14-11-22(23-12-16-34-28(20-23)25-7-3-4-10-33(25)41-34)19-26(29)27-21-24(13-15-30(27)37)40-31-8-5-17-38-35(31)36-32(40)9-6-18-39-36/h1-25H;3-22H,1-2H3;3-21H,1-2H3. The Labute approximate surface area is 723 Å². The predicted octanol–water partition coefficient (Wildman–Crippen LogP) is 30.0. The first-order valence-corrected chi connectivity index (χ1v) is 42.8. The number of furan rings is 3. The maximum absolute atomic E-state index is 6.09. The summed E-state index contributed by atoms with van der Waals surface area (Å²) in [5.74, 6) is 0. The van der Waals surface area contributed by atoms with Crippen LogP contribution >= 0.6 is 0 Å². The van der Waals surface area contributed by atoms with E-state index in [9.17, 15) is 0 Å². The van der Waals surface area contributed by atoms with Crippen LogP contribution in [0.3, 0.4) is 0 Å². The lowest BCUT2D eigenvalue weighted by Gasteiger charge is -2.22. The van der Waals surface area contributed by atoms with Crippen LogP contribution in [0.4, 0.5) is 0 Å². The van der Waals surface area contributed by atoms with Gasteiger partial charge >= 0.3 is 0 Å². The second-order valence-corrected chi connectivity index (χ2v) is 34.3. The van der Waals surface area contributed by atoms with Crippen LogP contribution < -0.4 is 0 Å². The topological polar surface area (TPSA) is 119 Å². The van der Waals surface area contributed by atoms with E-state index < -0.39 is 0 Å². The summed E-state index contributed by atoms with van der Waals surface area (Å²) in [5.41, 5.74) is 39.7. The van der Waals surface area contributed by atoms with Crippen LogP contribution in [0.15, 0.2) is 403 Å². The average molecular weight is 1620 g/mol. The zero-order chi connectivity index (χ0) is 83.6. The van der Waals surface area contributed by atoms with Gasteiger partial charge < -0.3 is 27.0 Å². The number of hydrogen-bond acceptors (Lipinski definition) is 8. The first-order valence-electron chi connectivity index (χ1n) is 42.8.